The Balaban J connectivity index is 2.40. The SMILES string of the molecule is COC(C)C(C)NC1CCC(N(C)C(=O)OC(C)(C)C)CC1. The van der Waals surface area contributed by atoms with Gasteiger partial charge in [0.2, 0.25) is 0 Å². The molecule has 0 bridgehead atoms. The van der Waals surface area contributed by atoms with Gasteiger partial charge in [-0.2, -0.15) is 0 Å². The molecular weight excluding hydrogens is 280 g/mol. The van der Waals surface area contributed by atoms with Crippen LogP contribution in [-0.4, -0.2) is 55.0 Å². The number of rotatable bonds is 5. The number of carbonyl (C=O) groups excluding carboxylic acids is 1. The first-order valence-corrected chi connectivity index (χ1v) is 8.38. The van der Waals surface area contributed by atoms with Crippen molar-refractivity contribution in [1.82, 2.24) is 10.2 Å². The standard InChI is InChI=1S/C17H34N2O3/c1-12(13(2)21-7)18-14-8-10-15(11-9-14)19(6)16(20)22-17(3,4)5/h12-15,18H,8-11H2,1-7H3. The van der Waals surface area contributed by atoms with E-state index >= 15 is 0 Å². The molecule has 1 N–H and O–H groups in total. The van der Waals surface area contributed by atoms with Crippen LogP contribution in [0.1, 0.15) is 60.3 Å². The highest BCUT2D eigenvalue weighted by molar-refractivity contribution is 5.68. The molecule has 0 aromatic rings. The van der Waals surface area contributed by atoms with Crippen molar-refractivity contribution in [3.05, 3.63) is 0 Å². The predicted octanol–water partition coefficient (Wildman–Crippen LogP) is 3.18. The number of carbonyl (C=O) groups is 1. The summed E-state index contributed by atoms with van der Waals surface area (Å²) >= 11 is 0. The topological polar surface area (TPSA) is 50.8 Å². The summed E-state index contributed by atoms with van der Waals surface area (Å²) < 4.78 is 10.8. The minimum absolute atomic E-state index is 0.210. The minimum Gasteiger partial charge on any atom is -0.444 e. The highest BCUT2D eigenvalue weighted by atomic mass is 16.6. The van der Waals surface area contributed by atoms with Gasteiger partial charge >= 0.3 is 6.09 Å². The highest BCUT2D eigenvalue weighted by Crippen LogP contribution is 2.24. The molecule has 0 heterocycles. The third-order valence-corrected chi connectivity index (χ3v) is 4.50. The quantitative estimate of drug-likeness (QED) is 0.847. The van der Waals surface area contributed by atoms with E-state index < -0.39 is 5.60 Å². The second kappa shape index (κ2) is 8.16. The lowest BCUT2D eigenvalue weighted by molar-refractivity contribution is 0.0173. The van der Waals surface area contributed by atoms with Crippen LogP contribution < -0.4 is 5.32 Å². The fraction of sp³-hybridized carbons (Fsp3) is 0.941. The molecule has 130 valence electrons. The number of hydrogen-bond acceptors (Lipinski definition) is 4. The smallest absolute Gasteiger partial charge is 0.410 e. The number of methoxy groups -OCH3 is 1. The summed E-state index contributed by atoms with van der Waals surface area (Å²) in [6.07, 6.45) is 4.19. The summed E-state index contributed by atoms with van der Waals surface area (Å²) in [5.74, 6) is 0. The van der Waals surface area contributed by atoms with Crippen LogP contribution in [0, 0.1) is 0 Å². The van der Waals surface area contributed by atoms with E-state index in [0.717, 1.165) is 25.7 Å². The number of nitrogens with zero attached hydrogens (tertiary/aromatic N) is 1. The zero-order valence-corrected chi connectivity index (χ0v) is 15.3. The molecule has 2 unspecified atom stereocenters. The van der Waals surface area contributed by atoms with Gasteiger partial charge in [-0.15, -0.1) is 0 Å². The maximum absolute atomic E-state index is 12.1. The lowest BCUT2D eigenvalue weighted by Gasteiger charge is -2.37. The van der Waals surface area contributed by atoms with E-state index in [2.05, 4.69) is 19.2 Å². The average Bonchev–Trinajstić information content (AvgIpc) is 2.44. The molecule has 22 heavy (non-hydrogen) atoms. The molecule has 2 atom stereocenters. The molecule has 1 aliphatic carbocycles. The van der Waals surface area contributed by atoms with Crippen molar-refractivity contribution in [2.45, 2.75) is 90.1 Å². The van der Waals surface area contributed by atoms with Crippen molar-refractivity contribution in [1.29, 1.82) is 0 Å². The van der Waals surface area contributed by atoms with Gasteiger partial charge in [-0.1, -0.05) is 0 Å². The Bertz CT molecular complexity index is 346. The molecule has 0 aromatic heterocycles. The number of amides is 1. The summed E-state index contributed by atoms with van der Waals surface area (Å²) in [5, 5.41) is 3.64. The molecule has 1 saturated carbocycles. The van der Waals surface area contributed by atoms with Crippen molar-refractivity contribution in [3.8, 4) is 0 Å². The van der Waals surface area contributed by atoms with Gasteiger partial charge in [0.15, 0.2) is 0 Å². The number of nitrogens with one attached hydrogen (secondary N) is 1. The maximum atomic E-state index is 12.1. The maximum Gasteiger partial charge on any atom is 0.410 e. The van der Waals surface area contributed by atoms with Crippen molar-refractivity contribution >= 4 is 6.09 Å². The first kappa shape index (κ1) is 19.2. The fourth-order valence-electron chi connectivity index (χ4n) is 2.82. The molecule has 0 radical (unpaired) electrons. The third kappa shape index (κ3) is 6.13. The molecule has 0 aliphatic heterocycles. The highest BCUT2D eigenvalue weighted by Gasteiger charge is 2.30. The molecule has 5 nitrogen and oxygen atoms in total. The molecule has 0 spiro atoms. The molecule has 1 fully saturated rings. The molecular formula is C17H34N2O3. The summed E-state index contributed by atoms with van der Waals surface area (Å²) in [6.45, 7) is 9.94. The van der Waals surface area contributed by atoms with Gasteiger partial charge in [-0.3, -0.25) is 0 Å². The molecule has 0 saturated heterocycles. The Hall–Kier alpha value is -0.810. The van der Waals surface area contributed by atoms with Gasteiger partial charge in [-0.05, 0) is 60.3 Å². The molecule has 1 rings (SSSR count). The van der Waals surface area contributed by atoms with Crippen LogP contribution in [0.25, 0.3) is 0 Å². The number of ether oxygens (including phenoxy) is 2. The van der Waals surface area contributed by atoms with E-state index in [1.54, 1.807) is 12.0 Å². The van der Waals surface area contributed by atoms with Crippen molar-refractivity contribution in [2.75, 3.05) is 14.2 Å². The van der Waals surface area contributed by atoms with E-state index in [9.17, 15) is 4.79 Å². The first-order valence-electron chi connectivity index (χ1n) is 8.38. The molecule has 1 amide bonds. The zero-order chi connectivity index (χ0) is 16.9. The molecule has 1 aliphatic rings. The van der Waals surface area contributed by atoms with Gasteiger partial charge in [-0.25, -0.2) is 4.79 Å². The van der Waals surface area contributed by atoms with Crippen LogP contribution in [0.3, 0.4) is 0 Å². The van der Waals surface area contributed by atoms with Crippen LogP contribution in [-0.2, 0) is 9.47 Å². The number of hydrogen-bond donors (Lipinski definition) is 1. The Morgan fingerprint density at radius 2 is 1.73 bits per heavy atom. The lowest BCUT2D eigenvalue weighted by Crippen LogP contribution is -2.48. The second-order valence-corrected chi connectivity index (χ2v) is 7.49. The van der Waals surface area contributed by atoms with Gasteiger partial charge in [0.1, 0.15) is 5.60 Å². The Morgan fingerprint density at radius 3 is 2.18 bits per heavy atom. The first-order chi connectivity index (χ1) is 10.1. The van der Waals surface area contributed by atoms with Gasteiger partial charge in [0, 0.05) is 32.3 Å². The van der Waals surface area contributed by atoms with Crippen molar-refractivity contribution in [2.24, 2.45) is 0 Å². The van der Waals surface area contributed by atoms with Crippen LogP contribution in [0.4, 0.5) is 4.79 Å². The predicted molar refractivity (Wildman–Crippen MR) is 89.1 cm³/mol. The summed E-state index contributed by atoms with van der Waals surface area (Å²) in [6, 6.07) is 1.13. The average molecular weight is 314 g/mol. The van der Waals surface area contributed by atoms with E-state index in [4.69, 9.17) is 9.47 Å². The molecule has 0 aromatic carbocycles. The lowest BCUT2D eigenvalue weighted by atomic mass is 9.90. The van der Waals surface area contributed by atoms with Gasteiger partial charge in [0.05, 0.1) is 6.10 Å². The van der Waals surface area contributed by atoms with Crippen molar-refractivity contribution < 1.29 is 14.3 Å². The summed E-state index contributed by atoms with van der Waals surface area (Å²) in [5.41, 5.74) is -0.435. The van der Waals surface area contributed by atoms with E-state index in [1.807, 2.05) is 27.8 Å². The van der Waals surface area contributed by atoms with Gasteiger partial charge < -0.3 is 19.7 Å². The van der Waals surface area contributed by atoms with Crippen LogP contribution >= 0.6 is 0 Å². The summed E-state index contributed by atoms with van der Waals surface area (Å²) in [4.78, 5) is 13.9. The Labute approximate surface area is 135 Å². The van der Waals surface area contributed by atoms with E-state index in [0.29, 0.717) is 12.1 Å². The third-order valence-electron chi connectivity index (χ3n) is 4.50. The van der Waals surface area contributed by atoms with Crippen LogP contribution in [0.15, 0.2) is 0 Å². The van der Waals surface area contributed by atoms with E-state index in [-0.39, 0.29) is 18.2 Å². The van der Waals surface area contributed by atoms with Crippen molar-refractivity contribution in [3.63, 3.8) is 0 Å². The van der Waals surface area contributed by atoms with Crippen LogP contribution in [0.5, 0.6) is 0 Å². The Morgan fingerprint density at radius 1 is 1.18 bits per heavy atom. The zero-order valence-electron chi connectivity index (χ0n) is 15.3. The normalized spacial score (nSPS) is 25.4. The minimum atomic E-state index is -0.435. The van der Waals surface area contributed by atoms with Gasteiger partial charge in [0.25, 0.3) is 0 Å². The second-order valence-electron chi connectivity index (χ2n) is 7.49. The molecule has 5 heteroatoms. The summed E-state index contributed by atoms with van der Waals surface area (Å²) in [7, 11) is 3.59. The largest absolute Gasteiger partial charge is 0.444 e. The Kier molecular flexibility index (Phi) is 7.13. The monoisotopic (exact) mass is 314 g/mol. The van der Waals surface area contributed by atoms with E-state index in [1.165, 1.54) is 0 Å². The fourth-order valence-corrected chi connectivity index (χ4v) is 2.82. The van der Waals surface area contributed by atoms with Crippen LogP contribution in [0.2, 0.25) is 0 Å².